The first-order valence-corrected chi connectivity index (χ1v) is 6.55. The molecule has 2 amide bonds. The summed E-state index contributed by atoms with van der Waals surface area (Å²) in [7, 11) is 0. The van der Waals surface area contributed by atoms with E-state index in [1.807, 2.05) is 4.90 Å². The Morgan fingerprint density at radius 3 is 2.65 bits per heavy atom. The van der Waals surface area contributed by atoms with E-state index >= 15 is 0 Å². The van der Waals surface area contributed by atoms with E-state index in [1.165, 1.54) is 6.42 Å². The summed E-state index contributed by atoms with van der Waals surface area (Å²) in [6, 6.07) is 0.0857. The van der Waals surface area contributed by atoms with Gasteiger partial charge in [0.15, 0.2) is 0 Å². The van der Waals surface area contributed by atoms with Gasteiger partial charge in [0.05, 0.1) is 6.42 Å². The van der Waals surface area contributed by atoms with Crippen molar-refractivity contribution in [1.29, 1.82) is 0 Å². The summed E-state index contributed by atoms with van der Waals surface area (Å²) in [5.41, 5.74) is 0. The Labute approximate surface area is 103 Å². The Bertz CT molecular complexity index is 334. The van der Waals surface area contributed by atoms with Gasteiger partial charge in [0.2, 0.25) is 0 Å². The number of carbonyl (C=O) groups is 1. The molecule has 17 heavy (non-hydrogen) atoms. The van der Waals surface area contributed by atoms with Crippen molar-refractivity contribution >= 4 is 6.03 Å². The lowest BCUT2D eigenvalue weighted by molar-refractivity contribution is 0.0808. The van der Waals surface area contributed by atoms with Crippen molar-refractivity contribution in [2.24, 2.45) is 11.8 Å². The van der Waals surface area contributed by atoms with Gasteiger partial charge in [0, 0.05) is 19.6 Å². The fraction of sp³-hybridized carbons (Fsp3) is 0.846. The molecule has 0 saturated carbocycles. The first-order valence-electron chi connectivity index (χ1n) is 6.55. The van der Waals surface area contributed by atoms with Gasteiger partial charge in [-0.1, -0.05) is 13.8 Å². The van der Waals surface area contributed by atoms with E-state index in [0.29, 0.717) is 11.8 Å². The molecule has 2 aliphatic heterocycles. The van der Waals surface area contributed by atoms with Crippen LogP contribution < -0.4 is 0 Å². The van der Waals surface area contributed by atoms with E-state index < -0.39 is 0 Å². The Morgan fingerprint density at radius 1 is 1.35 bits per heavy atom. The van der Waals surface area contributed by atoms with Gasteiger partial charge in [-0.05, 0) is 24.7 Å². The zero-order valence-electron chi connectivity index (χ0n) is 10.7. The molecule has 0 aromatic rings. The minimum atomic E-state index is -0.193. The highest BCUT2D eigenvalue weighted by Crippen LogP contribution is 2.27. The van der Waals surface area contributed by atoms with Crippen molar-refractivity contribution in [3.05, 3.63) is 11.4 Å². The maximum Gasteiger partial charge on any atom is 0.325 e. The number of rotatable bonds is 1. The SMILES string of the molecule is [C-]#[N+][C@@H]1CCN1C(=O)N1CCCC(C(C)C)C1. The van der Waals surface area contributed by atoms with E-state index in [2.05, 4.69) is 18.7 Å². The number of likely N-dealkylation sites (tertiary alicyclic amines) is 2. The van der Waals surface area contributed by atoms with E-state index in [1.54, 1.807) is 4.90 Å². The first kappa shape index (κ1) is 12.2. The van der Waals surface area contributed by atoms with Crippen LogP contribution in [0.4, 0.5) is 4.79 Å². The standard InChI is InChI=1S/C13H21N3O/c1-10(2)11-5-4-7-15(9-11)13(17)16-8-6-12(16)14-3/h10-12H,4-9H2,1-2H3/t11?,12-/m0/s1. The van der Waals surface area contributed by atoms with Crippen LogP contribution in [-0.4, -0.2) is 41.6 Å². The summed E-state index contributed by atoms with van der Waals surface area (Å²) in [6.45, 7) is 14.0. The summed E-state index contributed by atoms with van der Waals surface area (Å²) < 4.78 is 0. The molecule has 0 spiro atoms. The zero-order valence-corrected chi connectivity index (χ0v) is 10.7. The van der Waals surface area contributed by atoms with Crippen LogP contribution in [-0.2, 0) is 0 Å². The molecule has 0 radical (unpaired) electrons. The third kappa shape index (κ3) is 2.38. The molecule has 2 rings (SSSR count). The Balaban J connectivity index is 1.93. The second kappa shape index (κ2) is 4.95. The van der Waals surface area contributed by atoms with E-state index in [9.17, 15) is 4.79 Å². The minimum Gasteiger partial charge on any atom is -0.324 e. The number of nitrogens with zero attached hydrogens (tertiary/aromatic N) is 3. The van der Waals surface area contributed by atoms with E-state index in [-0.39, 0.29) is 12.2 Å². The van der Waals surface area contributed by atoms with Crippen molar-refractivity contribution in [3.8, 4) is 0 Å². The smallest absolute Gasteiger partial charge is 0.324 e. The zero-order chi connectivity index (χ0) is 12.4. The van der Waals surface area contributed by atoms with Crippen molar-refractivity contribution in [2.45, 2.75) is 39.3 Å². The highest BCUT2D eigenvalue weighted by Gasteiger charge is 2.40. The summed E-state index contributed by atoms with van der Waals surface area (Å²) in [6.07, 6.45) is 2.98. The van der Waals surface area contributed by atoms with Gasteiger partial charge < -0.3 is 4.90 Å². The van der Waals surface area contributed by atoms with Crippen molar-refractivity contribution < 1.29 is 4.79 Å². The second-order valence-corrected chi connectivity index (χ2v) is 5.47. The first-order chi connectivity index (χ1) is 8.13. The Hall–Kier alpha value is -1.24. The number of hydrogen-bond acceptors (Lipinski definition) is 1. The molecule has 2 aliphatic rings. The normalized spacial score (nSPS) is 28.8. The molecular weight excluding hydrogens is 214 g/mol. The molecule has 0 aliphatic carbocycles. The Morgan fingerprint density at radius 2 is 2.12 bits per heavy atom. The van der Waals surface area contributed by atoms with Crippen molar-refractivity contribution in [1.82, 2.24) is 9.80 Å². The number of urea groups is 1. The van der Waals surface area contributed by atoms with Crippen LogP contribution in [0.1, 0.15) is 33.1 Å². The average molecular weight is 235 g/mol. The summed E-state index contributed by atoms with van der Waals surface area (Å²) in [4.78, 5) is 19.4. The van der Waals surface area contributed by atoms with Gasteiger partial charge in [-0.25, -0.2) is 11.4 Å². The molecule has 2 atom stereocenters. The minimum absolute atomic E-state index is 0.0857. The third-order valence-corrected chi connectivity index (χ3v) is 4.05. The highest BCUT2D eigenvalue weighted by atomic mass is 16.2. The van der Waals surface area contributed by atoms with Gasteiger partial charge in [0.1, 0.15) is 0 Å². The van der Waals surface area contributed by atoms with Crippen LogP contribution in [0.3, 0.4) is 0 Å². The topological polar surface area (TPSA) is 27.9 Å². The van der Waals surface area contributed by atoms with Crippen LogP contribution in [0.15, 0.2) is 0 Å². The fourth-order valence-electron chi connectivity index (χ4n) is 2.64. The van der Waals surface area contributed by atoms with Crippen LogP contribution in [0.5, 0.6) is 0 Å². The molecular formula is C13H21N3O. The van der Waals surface area contributed by atoms with Gasteiger partial charge in [-0.2, -0.15) is 0 Å². The monoisotopic (exact) mass is 235 g/mol. The van der Waals surface area contributed by atoms with Crippen LogP contribution in [0, 0.1) is 18.4 Å². The van der Waals surface area contributed by atoms with Crippen LogP contribution in [0.2, 0.25) is 0 Å². The van der Waals surface area contributed by atoms with Crippen molar-refractivity contribution in [2.75, 3.05) is 19.6 Å². The molecule has 0 aromatic heterocycles. The maximum atomic E-state index is 12.2. The van der Waals surface area contributed by atoms with Gasteiger partial charge in [-0.3, -0.25) is 9.74 Å². The van der Waals surface area contributed by atoms with Gasteiger partial charge in [0.25, 0.3) is 0 Å². The molecule has 0 bridgehead atoms. The number of amides is 2. The molecule has 0 N–H and O–H groups in total. The quantitative estimate of drug-likeness (QED) is 0.641. The molecule has 1 unspecified atom stereocenters. The van der Waals surface area contributed by atoms with Crippen LogP contribution >= 0.6 is 0 Å². The van der Waals surface area contributed by atoms with E-state index in [4.69, 9.17) is 6.57 Å². The number of piperidine rings is 1. The van der Waals surface area contributed by atoms with Gasteiger partial charge in [-0.15, -0.1) is 0 Å². The third-order valence-electron chi connectivity index (χ3n) is 4.05. The lowest BCUT2D eigenvalue weighted by Gasteiger charge is -2.40. The number of hydrogen-bond donors (Lipinski definition) is 0. The molecule has 4 nitrogen and oxygen atoms in total. The fourth-order valence-corrected chi connectivity index (χ4v) is 2.64. The molecule has 94 valence electrons. The maximum absolute atomic E-state index is 12.2. The predicted octanol–water partition coefficient (Wildman–Crippen LogP) is 2.43. The highest BCUT2D eigenvalue weighted by molar-refractivity contribution is 5.76. The summed E-state index contributed by atoms with van der Waals surface area (Å²) in [5.74, 6) is 1.26. The predicted molar refractivity (Wildman–Crippen MR) is 66.2 cm³/mol. The molecule has 4 heteroatoms. The van der Waals surface area contributed by atoms with Gasteiger partial charge >= 0.3 is 12.2 Å². The number of carbonyl (C=O) groups excluding carboxylic acids is 1. The Kier molecular flexibility index (Phi) is 3.56. The molecule has 2 heterocycles. The average Bonchev–Trinajstić information content (AvgIpc) is 2.28. The lowest BCUT2D eigenvalue weighted by atomic mass is 9.88. The molecule has 2 saturated heterocycles. The molecule has 2 fully saturated rings. The largest absolute Gasteiger partial charge is 0.325 e. The van der Waals surface area contributed by atoms with E-state index in [0.717, 1.165) is 32.5 Å². The second-order valence-electron chi connectivity index (χ2n) is 5.47. The summed E-state index contributed by atoms with van der Waals surface area (Å²) in [5, 5.41) is 0. The molecule has 0 aromatic carbocycles. The van der Waals surface area contributed by atoms with Crippen molar-refractivity contribution in [3.63, 3.8) is 0 Å². The summed E-state index contributed by atoms with van der Waals surface area (Å²) >= 11 is 0. The lowest BCUT2D eigenvalue weighted by Crippen LogP contribution is -2.56. The van der Waals surface area contributed by atoms with Crippen LogP contribution in [0.25, 0.3) is 4.85 Å².